The Bertz CT molecular complexity index is 141. The van der Waals surface area contributed by atoms with Gasteiger partial charge in [0.15, 0.2) is 6.29 Å². The number of hydrogen-bond donors (Lipinski definition) is 0. The van der Waals surface area contributed by atoms with Gasteiger partial charge in [0.2, 0.25) is 0 Å². The molecule has 0 unspecified atom stereocenters. The van der Waals surface area contributed by atoms with Gasteiger partial charge in [0, 0.05) is 0 Å². The molecule has 70 valence electrons. The summed E-state index contributed by atoms with van der Waals surface area (Å²) in [7, 11) is 0. The van der Waals surface area contributed by atoms with Gasteiger partial charge in [-0.2, -0.15) is 0 Å². The van der Waals surface area contributed by atoms with Crippen LogP contribution in [0.4, 0.5) is 0 Å². The van der Waals surface area contributed by atoms with Crippen molar-refractivity contribution in [2.45, 2.75) is 32.0 Å². The first-order chi connectivity index (χ1) is 5.79. The van der Waals surface area contributed by atoms with Crippen molar-refractivity contribution < 1.29 is 9.47 Å². The van der Waals surface area contributed by atoms with Crippen molar-refractivity contribution in [3.8, 4) is 0 Å². The van der Waals surface area contributed by atoms with Gasteiger partial charge in [0.25, 0.3) is 0 Å². The predicted octanol–water partition coefficient (Wildman–Crippen LogP) is 2.83. The van der Waals surface area contributed by atoms with Crippen LogP contribution in [0.5, 0.6) is 0 Å². The van der Waals surface area contributed by atoms with Crippen LogP contribution in [0.3, 0.4) is 0 Å². The molecule has 1 rings (SSSR count). The third-order valence-corrected chi connectivity index (χ3v) is 2.23. The highest BCUT2D eigenvalue weighted by Crippen LogP contribution is 2.16. The third kappa shape index (κ3) is 4.24. The maximum Gasteiger partial charge on any atom is 0.157 e. The first-order valence-electron chi connectivity index (χ1n) is 4.35. The summed E-state index contributed by atoms with van der Waals surface area (Å²) < 4.78 is 11.7. The van der Waals surface area contributed by atoms with E-state index in [9.17, 15) is 0 Å². The molecule has 2 nitrogen and oxygen atoms in total. The van der Waals surface area contributed by atoms with E-state index in [0.717, 1.165) is 43.4 Å². The molecule has 0 atom stereocenters. The monoisotopic (exact) mass is 234 g/mol. The molecule has 0 bridgehead atoms. The van der Waals surface area contributed by atoms with E-state index in [1.807, 2.05) is 0 Å². The van der Waals surface area contributed by atoms with Crippen LogP contribution in [0, 0.1) is 0 Å². The van der Waals surface area contributed by atoms with Gasteiger partial charge in [-0.15, -0.1) is 0 Å². The molecule has 1 aliphatic rings. The van der Waals surface area contributed by atoms with E-state index in [1.54, 1.807) is 0 Å². The zero-order valence-corrected chi connectivity index (χ0v) is 8.81. The van der Waals surface area contributed by atoms with Crippen molar-refractivity contribution in [2.24, 2.45) is 0 Å². The molecule has 12 heavy (non-hydrogen) atoms. The smallest absolute Gasteiger partial charge is 0.157 e. The molecule has 3 heteroatoms. The van der Waals surface area contributed by atoms with Gasteiger partial charge in [0.05, 0.1) is 13.2 Å². The fourth-order valence-electron chi connectivity index (χ4n) is 1.20. The Morgan fingerprint density at radius 1 is 1.33 bits per heavy atom. The van der Waals surface area contributed by atoms with Gasteiger partial charge >= 0.3 is 0 Å². The quantitative estimate of drug-likeness (QED) is 0.682. The summed E-state index contributed by atoms with van der Waals surface area (Å²) in [6.45, 7) is 5.30. The average Bonchev–Trinajstić information content (AvgIpc) is 2.49. The lowest BCUT2D eigenvalue weighted by Gasteiger charge is -2.07. The maximum absolute atomic E-state index is 5.30. The average molecular weight is 235 g/mol. The Morgan fingerprint density at radius 2 is 2.00 bits per heavy atom. The minimum atomic E-state index is 0.0635. The predicted molar refractivity (Wildman–Crippen MR) is 52.2 cm³/mol. The lowest BCUT2D eigenvalue weighted by Crippen LogP contribution is -2.06. The number of unbranched alkanes of at least 4 members (excludes halogenated alkanes) is 1. The number of hydrogen-bond acceptors (Lipinski definition) is 2. The summed E-state index contributed by atoms with van der Waals surface area (Å²) in [4.78, 5) is 0. The van der Waals surface area contributed by atoms with Crippen LogP contribution in [0.2, 0.25) is 0 Å². The maximum atomic E-state index is 5.30. The molecule has 1 saturated heterocycles. The SMILES string of the molecule is C=C(Br)CCCCC1OCCO1. The molecule has 1 aliphatic heterocycles. The van der Waals surface area contributed by atoms with Crippen LogP contribution in [-0.2, 0) is 9.47 Å². The summed E-state index contributed by atoms with van der Waals surface area (Å²) >= 11 is 3.33. The molecule has 0 saturated carbocycles. The van der Waals surface area contributed by atoms with E-state index in [-0.39, 0.29) is 6.29 Å². The molecule has 0 N–H and O–H groups in total. The van der Waals surface area contributed by atoms with Crippen molar-refractivity contribution in [3.63, 3.8) is 0 Å². The van der Waals surface area contributed by atoms with Crippen molar-refractivity contribution in [3.05, 3.63) is 11.1 Å². The first kappa shape index (κ1) is 10.2. The van der Waals surface area contributed by atoms with Crippen molar-refractivity contribution >= 4 is 15.9 Å². The Labute approximate surface area is 82.1 Å². The first-order valence-corrected chi connectivity index (χ1v) is 5.15. The minimum Gasteiger partial charge on any atom is -0.350 e. The van der Waals surface area contributed by atoms with Gasteiger partial charge in [-0.05, 0) is 30.2 Å². The van der Waals surface area contributed by atoms with Crippen LogP contribution >= 0.6 is 15.9 Å². The van der Waals surface area contributed by atoms with Gasteiger partial charge < -0.3 is 9.47 Å². The number of halogens is 1. The summed E-state index contributed by atoms with van der Waals surface area (Å²) in [5.41, 5.74) is 0. The molecule has 0 aromatic rings. The molecule has 0 spiro atoms. The standard InChI is InChI=1S/C9H15BrO2/c1-8(10)4-2-3-5-9-11-6-7-12-9/h9H,1-7H2. The normalized spacial score (nSPS) is 18.4. The molecule has 0 amide bonds. The zero-order chi connectivity index (χ0) is 8.81. The van der Waals surface area contributed by atoms with E-state index in [4.69, 9.17) is 9.47 Å². The second-order valence-electron chi connectivity index (χ2n) is 2.93. The molecule has 1 heterocycles. The Kier molecular flexibility index (Phi) is 4.88. The summed E-state index contributed by atoms with van der Waals surface area (Å²) in [5.74, 6) is 0. The summed E-state index contributed by atoms with van der Waals surface area (Å²) in [6, 6.07) is 0. The lowest BCUT2D eigenvalue weighted by atomic mass is 10.2. The Balaban J connectivity index is 1.91. The number of ether oxygens (including phenoxy) is 2. The molecule has 0 aliphatic carbocycles. The van der Waals surface area contributed by atoms with Crippen LogP contribution in [0.1, 0.15) is 25.7 Å². The molecule has 0 aromatic carbocycles. The van der Waals surface area contributed by atoms with E-state index < -0.39 is 0 Å². The third-order valence-electron chi connectivity index (χ3n) is 1.83. The van der Waals surface area contributed by atoms with Gasteiger partial charge in [-0.1, -0.05) is 22.5 Å². The van der Waals surface area contributed by atoms with E-state index in [1.165, 1.54) is 0 Å². The van der Waals surface area contributed by atoms with Gasteiger partial charge in [-0.25, -0.2) is 0 Å². The van der Waals surface area contributed by atoms with E-state index in [0.29, 0.717) is 0 Å². The molecule has 0 aromatic heterocycles. The second kappa shape index (κ2) is 5.73. The molecule has 1 fully saturated rings. The van der Waals surface area contributed by atoms with Crippen molar-refractivity contribution in [1.82, 2.24) is 0 Å². The van der Waals surface area contributed by atoms with Gasteiger partial charge in [-0.3, -0.25) is 0 Å². The number of rotatable bonds is 5. The zero-order valence-electron chi connectivity index (χ0n) is 7.22. The summed E-state index contributed by atoms with van der Waals surface area (Å²) in [6.07, 6.45) is 4.43. The topological polar surface area (TPSA) is 18.5 Å². The fraction of sp³-hybridized carbons (Fsp3) is 0.778. The number of allylic oxidation sites excluding steroid dienone is 1. The van der Waals surface area contributed by atoms with Crippen molar-refractivity contribution in [1.29, 1.82) is 0 Å². The van der Waals surface area contributed by atoms with Crippen LogP contribution < -0.4 is 0 Å². The molecular formula is C9H15BrO2. The van der Waals surface area contributed by atoms with Crippen LogP contribution in [0.15, 0.2) is 11.1 Å². The lowest BCUT2D eigenvalue weighted by molar-refractivity contribution is -0.0478. The molecular weight excluding hydrogens is 220 g/mol. The fourth-order valence-corrected chi connectivity index (χ4v) is 1.48. The Morgan fingerprint density at radius 3 is 2.58 bits per heavy atom. The highest BCUT2D eigenvalue weighted by molar-refractivity contribution is 9.11. The van der Waals surface area contributed by atoms with E-state index in [2.05, 4.69) is 22.5 Å². The minimum absolute atomic E-state index is 0.0635. The van der Waals surface area contributed by atoms with Crippen molar-refractivity contribution in [2.75, 3.05) is 13.2 Å². The Hall–Kier alpha value is 0.140. The van der Waals surface area contributed by atoms with Crippen LogP contribution in [0.25, 0.3) is 0 Å². The largest absolute Gasteiger partial charge is 0.350 e. The molecule has 0 radical (unpaired) electrons. The van der Waals surface area contributed by atoms with E-state index >= 15 is 0 Å². The van der Waals surface area contributed by atoms with Crippen LogP contribution in [-0.4, -0.2) is 19.5 Å². The second-order valence-corrected chi connectivity index (χ2v) is 4.06. The highest BCUT2D eigenvalue weighted by atomic mass is 79.9. The van der Waals surface area contributed by atoms with Gasteiger partial charge in [0.1, 0.15) is 0 Å². The summed E-state index contributed by atoms with van der Waals surface area (Å²) in [5, 5.41) is 0. The highest BCUT2D eigenvalue weighted by Gasteiger charge is 2.14.